The van der Waals surface area contributed by atoms with Gasteiger partial charge in [0.05, 0.1) is 22.3 Å². The summed E-state index contributed by atoms with van der Waals surface area (Å²) in [7, 11) is -3.56. The molecule has 0 amide bonds. The van der Waals surface area contributed by atoms with Crippen molar-refractivity contribution in [2.24, 2.45) is 0 Å². The molecule has 0 atom stereocenters. The third kappa shape index (κ3) is 4.68. The number of halogens is 1. The topological polar surface area (TPSA) is 81.5 Å². The third-order valence-corrected chi connectivity index (χ3v) is 7.56. The van der Waals surface area contributed by atoms with Crippen LogP contribution in [0.3, 0.4) is 0 Å². The number of sulfonamides is 1. The summed E-state index contributed by atoms with van der Waals surface area (Å²) in [6.45, 7) is 3.56. The molecule has 1 aliphatic heterocycles. The van der Waals surface area contributed by atoms with Crippen LogP contribution in [0.15, 0.2) is 47.4 Å². The van der Waals surface area contributed by atoms with Gasteiger partial charge in [0, 0.05) is 19.6 Å². The minimum atomic E-state index is -3.56. The Balaban J connectivity index is 1.52. The normalized spacial score (nSPS) is 15.2. The number of imidazole rings is 1. The fourth-order valence-electron chi connectivity index (χ4n) is 4.05. The first kappa shape index (κ1) is 22.4. The molecular weight excluding hydrogens is 433 g/mol. The predicted octanol–water partition coefficient (Wildman–Crippen LogP) is 3.66. The lowest BCUT2D eigenvalue weighted by atomic mass is 10.1. The van der Waals surface area contributed by atoms with E-state index in [1.165, 1.54) is 16.4 Å². The summed E-state index contributed by atoms with van der Waals surface area (Å²) in [5.74, 6) is -0.361. The van der Waals surface area contributed by atoms with Crippen molar-refractivity contribution in [3.63, 3.8) is 0 Å². The monoisotopic (exact) mass is 459 g/mol. The van der Waals surface area contributed by atoms with Crippen LogP contribution in [0, 0.1) is 5.82 Å². The molecule has 1 saturated heterocycles. The lowest BCUT2D eigenvalue weighted by Crippen LogP contribution is -2.35. The number of aromatic nitrogens is 2. The molecule has 0 unspecified atom stereocenters. The molecule has 32 heavy (non-hydrogen) atoms. The second-order valence-corrected chi connectivity index (χ2v) is 9.79. The van der Waals surface area contributed by atoms with Gasteiger partial charge in [-0.2, -0.15) is 4.31 Å². The average Bonchev–Trinajstić information content (AvgIpc) is 3.15. The summed E-state index contributed by atoms with van der Waals surface area (Å²) in [5.41, 5.74) is 1.86. The first-order valence-electron chi connectivity index (χ1n) is 10.8. The number of benzene rings is 2. The summed E-state index contributed by atoms with van der Waals surface area (Å²) in [5, 5.41) is 0. The van der Waals surface area contributed by atoms with Crippen LogP contribution in [0.5, 0.6) is 0 Å². The lowest BCUT2D eigenvalue weighted by molar-refractivity contribution is -0.144. The number of hydrogen-bond donors (Lipinski definition) is 0. The minimum absolute atomic E-state index is 0.0393. The highest BCUT2D eigenvalue weighted by Gasteiger charge is 2.26. The Bertz CT molecular complexity index is 1230. The maximum atomic E-state index is 13.3. The molecule has 1 fully saturated rings. The van der Waals surface area contributed by atoms with Crippen molar-refractivity contribution in [2.45, 2.75) is 50.7 Å². The minimum Gasteiger partial charge on any atom is -0.457 e. The fourth-order valence-corrected chi connectivity index (χ4v) is 5.58. The number of esters is 1. The molecule has 170 valence electrons. The summed E-state index contributed by atoms with van der Waals surface area (Å²) in [4.78, 5) is 17.0. The molecule has 1 aliphatic rings. The van der Waals surface area contributed by atoms with Gasteiger partial charge < -0.3 is 9.30 Å². The van der Waals surface area contributed by atoms with Gasteiger partial charge in [0.15, 0.2) is 0 Å². The SMILES string of the molecule is CCn1c(COC(=O)Cc2cccc(F)c2)nc2cc(S(=O)(=O)N3CCCCC3)ccc21. The molecule has 9 heteroatoms. The van der Waals surface area contributed by atoms with Crippen molar-refractivity contribution in [3.05, 3.63) is 59.7 Å². The number of carbonyl (C=O) groups is 1. The van der Waals surface area contributed by atoms with Crippen molar-refractivity contribution >= 4 is 27.0 Å². The number of fused-ring (bicyclic) bond motifs is 1. The highest BCUT2D eigenvalue weighted by Crippen LogP contribution is 2.25. The molecular formula is C23H26FN3O4S. The molecule has 7 nitrogen and oxygen atoms in total. The Hall–Kier alpha value is -2.78. The molecule has 0 N–H and O–H groups in total. The second kappa shape index (κ2) is 9.38. The van der Waals surface area contributed by atoms with E-state index >= 15 is 0 Å². The zero-order valence-electron chi connectivity index (χ0n) is 18.0. The molecule has 0 aliphatic carbocycles. The smallest absolute Gasteiger partial charge is 0.310 e. The molecule has 2 heterocycles. The van der Waals surface area contributed by atoms with Crippen LogP contribution in [-0.4, -0.2) is 41.3 Å². The van der Waals surface area contributed by atoms with E-state index < -0.39 is 21.8 Å². The van der Waals surface area contributed by atoms with Crippen LogP contribution in [0.2, 0.25) is 0 Å². The predicted molar refractivity (Wildman–Crippen MR) is 118 cm³/mol. The number of piperidine rings is 1. The molecule has 0 spiro atoms. The van der Waals surface area contributed by atoms with E-state index in [0.717, 1.165) is 24.8 Å². The second-order valence-electron chi connectivity index (χ2n) is 7.85. The number of nitrogens with zero attached hydrogens (tertiary/aromatic N) is 3. The van der Waals surface area contributed by atoms with Gasteiger partial charge in [-0.1, -0.05) is 18.6 Å². The number of carbonyl (C=O) groups excluding carboxylic acids is 1. The summed E-state index contributed by atoms with van der Waals surface area (Å²) in [6.07, 6.45) is 2.75. The van der Waals surface area contributed by atoms with Gasteiger partial charge in [0.25, 0.3) is 0 Å². The van der Waals surface area contributed by atoms with Crippen molar-refractivity contribution in [3.8, 4) is 0 Å². The van der Waals surface area contributed by atoms with Crippen molar-refractivity contribution in [1.82, 2.24) is 13.9 Å². The molecule has 2 aromatic carbocycles. The number of rotatable bonds is 7. The number of aryl methyl sites for hydroxylation is 1. The summed E-state index contributed by atoms with van der Waals surface area (Å²) in [6, 6.07) is 10.8. The zero-order chi connectivity index (χ0) is 22.7. The Morgan fingerprint density at radius 3 is 2.62 bits per heavy atom. The van der Waals surface area contributed by atoms with Gasteiger partial charge in [-0.25, -0.2) is 17.8 Å². The quantitative estimate of drug-likeness (QED) is 0.504. The number of hydrogen-bond acceptors (Lipinski definition) is 5. The van der Waals surface area contributed by atoms with Crippen LogP contribution in [-0.2, 0) is 39.1 Å². The van der Waals surface area contributed by atoms with Crippen LogP contribution < -0.4 is 0 Å². The molecule has 3 aromatic rings. The molecule has 0 radical (unpaired) electrons. The summed E-state index contributed by atoms with van der Waals surface area (Å²) < 4.78 is 48.1. The van der Waals surface area contributed by atoms with Crippen molar-refractivity contribution in [1.29, 1.82) is 0 Å². The Labute approximate surface area is 186 Å². The first-order valence-corrected chi connectivity index (χ1v) is 12.2. The van der Waals surface area contributed by atoms with Gasteiger partial charge in [-0.3, -0.25) is 4.79 Å². The van der Waals surface area contributed by atoms with E-state index in [-0.39, 0.29) is 17.9 Å². The molecule has 1 aromatic heterocycles. The third-order valence-electron chi connectivity index (χ3n) is 5.67. The van der Waals surface area contributed by atoms with E-state index in [2.05, 4.69) is 4.98 Å². The van der Waals surface area contributed by atoms with Crippen molar-refractivity contribution in [2.75, 3.05) is 13.1 Å². The number of ether oxygens (including phenoxy) is 1. The average molecular weight is 460 g/mol. The lowest BCUT2D eigenvalue weighted by Gasteiger charge is -2.25. The van der Waals surface area contributed by atoms with Gasteiger partial charge >= 0.3 is 5.97 Å². The fraction of sp³-hybridized carbons (Fsp3) is 0.391. The van der Waals surface area contributed by atoms with E-state index in [1.807, 2.05) is 11.5 Å². The maximum Gasteiger partial charge on any atom is 0.310 e. The first-order chi connectivity index (χ1) is 15.4. The van der Waals surface area contributed by atoms with E-state index in [4.69, 9.17) is 4.74 Å². The van der Waals surface area contributed by atoms with Gasteiger partial charge in [0.1, 0.15) is 18.2 Å². The van der Waals surface area contributed by atoms with Crippen LogP contribution in [0.25, 0.3) is 11.0 Å². The highest BCUT2D eigenvalue weighted by atomic mass is 32.2. The van der Waals surface area contributed by atoms with E-state index in [9.17, 15) is 17.6 Å². The molecule has 4 rings (SSSR count). The van der Waals surface area contributed by atoms with Crippen molar-refractivity contribution < 1.29 is 22.3 Å². The van der Waals surface area contributed by atoms with Gasteiger partial charge in [0.2, 0.25) is 10.0 Å². The summed E-state index contributed by atoms with van der Waals surface area (Å²) >= 11 is 0. The molecule has 0 saturated carbocycles. The Kier molecular flexibility index (Phi) is 6.57. The molecule has 0 bridgehead atoms. The highest BCUT2D eigenvalue weighted by molar-refractivity contribution is 7.89. The Morgan fingerprint density at radius 1 is 1.12 bits per heavy atom. The van der Waals surface area contributed by atoms with Crippen LogP contribution >= 0.6 is 0 Å². The largest absolute Gasteiger partial charge is 0.457 e. The van der Waals surface area contributed by atoms with E-state index in [1.54, 1.807) is 30.3 Å². The van der Waals surface area contributed by atoms with Gasteiger partial charge in [-0.15, -0.1) is 0 Å². The van der Waals surface area contributed by atoms with Crippen LogP contribution in [0.1, 0.15) is 37.6 Å². The standard InChI is InChI=1S/C23H26FN3O4S/c1-2-27-21-10-9-19(32(29,30)26-11-4-3-5-12-26)15-20(21)25-22(27)16-31-23(28)14-17-7-6-8-18(24)13-17/h6-10,13,15H,2-5,11-12,14,16H2,1H3. The van der Waals surface area contributed by atoms with E-state index in [0.29, 0.717) is 36.5 Å². The Morgan fingerprint density at radius 2 is 1.91 bits per heavy atom. The van der Waals surface area contributed by atoms with Crippen LogP contribution in [0.4, 0.5) is 4.39 Å². The van der Waals surface area contributed by atoms with Gasteiger partial charge in [-0.05, 0) is 55.7 Å². The maximum absolute atomic E-state index is 13.3. The zero-order valence-corrected chi connectivity index (χ0v) is 18.8.